The molecule has 0 bridgehead atoms. The van der Waals surface area contributed by atoms with E-state index in [-0.39, 0.29) is 25.4 Å². The number of esters is 1. The van der Waals surface area contributed by atoms with Crippen molar-refractivity contribution < 1.29 is 19.1 Å². The van der Waals surface area contributed by atoms with Gasteiger partial charge in [-0.3, -0.25) is 4.68 Å². The second-order valence-corrected chi connectivity index (χ2v) is 6.42. The zero-order valence-corrected chi connectivity index (χ0v) is 15.5. The fourth-order valence-electron chi connectivity index (χ4n) is 2.06. The van der Waals surface area contributed by atoms with Crippen LogP contribution in [-0.2, 0) is 29.6 Å². The van der Waals surface area contributed by atoms with Crippen molar-refractivity contribution >= 4 is 12.1 Å². The number of hydrogen-bond acceptors (Lipinski definition) is 8. The summed E-state index contributed by atoms with van der Waals surface area (Å²) in [5.74, 6) is 0.00142. The van der Waals surface area contributed by atoms with Crippen LogP contribution >= 0.6 is 0 Å². The van der Waals surface area contributed by atoms with Crippen molar-refractivity contribution in [1.82, 2.24) is 35.1 Å². The van der Waals surface area contributed by atoms with E-state index in [4.69, 9.17) is 9.47 Å². The number of carbonyl (C=O) groups is 2. The molecule has 2 aromatic heterocycles. The lowest BCUT2D eigenvalue weighted by Crippen LogP contribution is -2.33. The molecule has 0 unspecified atom stereocenters. The number of amides is 1. The summed E-state index contributed by atoms with van der Waals surface area (Å²) in [5, 5.41) is 14.5. The number of alkyl carbamates (subject to hydrolysis) is 1. The monoisotopic (exact) mass is 365 g/mol. The van der Waals surface area contributed by atoms with Gasteiger partial charge in [0.1, 0.15) is 24.3 Å². The van der Waals surface area contributed by atoms with E-state index in [1.54, 1.807) is 39.4 Å². The van der Waals surface area contributed by atoms with Crippen LogP contribution in [0, 0.1) is 0 Å². The summed E-state index contributed by atoms with van der Waals surface area (Å²) in [6.45, 7) is 7.40. The molecule has 0 aliphatic carbocycles. The molecular formula is C15H23N7O4. The number of nitrogens with zero attached hydrogens (tertiary/aromatic N) is 6. The molecule has 1 N–H and O–H groups in total. The van der Waals surface area contributed by atoms with Crippen LogP contribution in [-0.4, -0.2) is 54.0 Å². The van der Waals surface area contributed by atoms with Crippen LogP contribution in [0.2, 0.25) is 0 Å². The van der Waals surface area contributed by atoms with E-state index in [1.807, 2.05) is 0 Å². The first-order valence-electron chi connectivity index (χ1n) is 8.10. The predicted octanol–water partition coefficient (Wildman–Crippen LogP) is 0.656. The first-order chi connectivity index (χ1) is 12.2. The van der Waals surface area contributed by atoms with E-state index in [0.717, 1.165) is 0 Å². The number of rotatable bonds is 6. The van der Waals surface area contributed by atoms with Gasteiger partial charge in [0.15, 0.2) is 5.69 Å². The molecular weight excluding hydrogens is 342 g/mol. The number of ether oxygens (including phenoxy) is 2. The van der Waals surface area contributed by atoms with Crippen molar-refractivity contribution in [3.63, 3.8) is 0 Å². The van der Waals surface area contributed by atoms with Crippen LogP contribution < -0.4 is 5.32 Å². The van der Waals surface area contributed by atoms with Crippen LogP contribution in [0.25, 0.3) is 0 Å². The highest BCUT2D eigenvalue weighted by Crippen LogP contribution is 2.11. The molecule has 0 saturated heterocycles. The molecule has 0 radical (unpaired) electrons. The number of carbonyl (C=O) groups excluding carboxylic acids is 2. The SMILES string of the molecule is CCOC(=O)c1nnn(Cc2ncnn2C)c1CNC(=O)OC(C)(C)C. The molecule has 26 heavy (non-hydrogen) atoms. The van der Waals surface area contributed by atoms with E-state index in [1.165, 1.54) is 11.0 Å². The average molecular weight is 365 g/mol. The molecule has 2 aromatic rings. The minimum Gasteiger partial charge on any atom is -0.461 e. The van der Waals surface area contributed by atoms with E-state index in [2.05, 4.69) is 25.7 Å². The average Bonchev–Trinajstić information content (AvgIpc) is 3.11. The third-order valence-electron chi connectivity index (χ3n) is 3.20. The molecule has 0 aliphatic heterocycles. The van der Waals surface area contributed by atoms with Gasteiger partial charge in [0, 0.05) is 7.05 Å². The first-order valence-corrected chi connectivity index (χ1v) is 8.10. The zero-order valence-electron chi connectivity index (χ0n) is 15.5. The smallest absolute Gasteiger partial charge is 0.407 e. The van der Waals surface area contributed by atoms with Gasteiger partial charge >= 0.3 is 12.1 Å². The Bertz CT molecular complexity index is 775. The molecule has 2 rings (SSSR count). The molecule has 11 nitrogen and oxygen atoms in total. The molecule has 0 aromatic carbocycles. The van der Waals surface area contributed by atoms with Gasteiger partial charge in [0.25, 0.3) is 0 Å². The molecule has 0 fully saturated rings. The van der Waals surface area contributed by atoms with Crippen LogP contribution in [0.1, 0.15) is 49.7 Å². The normalized spacial score (nSPS) is 11.3. The number of aryl methyl sites for hydroxylation is 1. The summed E-state index contributed by atoms with van der Waals surface area (Å²) in [5.41, 5.74) is -0.215. The van der Waals surface area contributed by atoms with Gasteiger partial charge in [0.2, 0.25) is 0 Å². The van der Waals surface area contributed by atoms with Gasteiger partial charge in [-0.2, -0.15) is 5.10 Å². The Morgan fingerprint density at radius 2 is 2.04 bits per heavy atom. The Labute approximate surface area is 150 Å². The third kappa shape index (κ3) is 5.01. The third-order valence-corrected chi connectivity index (χ3v) is 3.20. The van der Waals surface area contributed by atoms with Gasteiger partial charge < -0.3 is 14.8 Å². The maximum Gasteiger partial charge on any atom is 0.407 e. The highest BCUT2D eigenvalue weighted by molar-refractivity contribution is 5.88. The van der Waals surface area contributed by atoms with E-state index in [0.29, 0.717) is 11.5 Å². The number of hydrogen-bond donors (Lipinski definition) is 1. The molecule has 142 valence electrons. The standard InChI is InChI=1S/C15H23N7O4/c1-6-25-13(23)12-10(7-16-14(24)26-15(2,3)4)22(20-19-12)8-11-17-9-18-21(11)5/h9H,6-8H2,1-5H3,(H,16,24). The van der Waals surface area contributed by atoms with E-state index in [9.17, 15) is 9.59 Å². The van der Waals surface area contributed by atoms with Crippen molar-refractivity contribution in [2.24, 2.45) is 7.05 Å². The van der Waals surface area contributed by atoms with Crippen LogP contribution in [0.15, 0.2) is 6.33 Å². The van der Waals surface area contributed by atoms with Crippen LogP contribution in [0.4, 0.5) is 4.79 Å². The number of aromatic nitrogens is 6. The van der Waals surface area contributed by atoms with E-state index >= 15 is 0 Å². The van der Waals surface area contributed by atoms with Gasteiger partial charge in [0.05, 0.1) is 18.8 Å². The minimum absolute atomic E-state index is 0.00604. The largest absolute Gasteiger partial charge is 0.461 e. The summed E-state index contributed by atoms with van der Waals surface area (Å²) in [6, 6.07) is 0. The van der Waals surface area contributed by atoms with Crippen molar-refractivity contribution in [2.75, 3.05) is 6.61 Å². The summed E-state index contributed by atoms with van der Waals surface area (Å²) in [6.07, 6.45) is 0.802. The zero-order chi connectivity index (χ0) is 19.3. The highest BCUT2D eigenvalue weighted by atomic mass is 16.6. The van der Waals surface area contributed by atoms with Crippen LogP contribution in [0.3, 0.4) is 0 Å². The van der Waals surface area contributed by atoms with Crippen LogP contribution in [0.5, 0.6) is 0 Å². The fraction of sp³-hybridized carbons (Fsp3) is 0.600. The van der Waals surface area contributed by atoms with Crippen molar-refractivity contribution in [2.45, 2.75) is 46.4 Å². The van der Waals surface area contributed by atoms with E-state index < -0.39 is 17.7 Å². The van der Waals surface area contributed by atoms with Gasteiger partial charge in [-0.15, -0.1) is 5.10 Å². The maximum atomic E-state index is 12.1. The maximum absolute atomic E-state index is 12.1. The number of nitrogens with one attached hydrogen (secondary N) is 1. The van der Waals surface area contributed by atoms with Crippen molar-refractivity contribution in [3.05, 3.63) is 23.5 Å². The predicted molar refractivity (Wildman–Crippen MR) is 89.2 cm³/mol. The minimum atomic E-state index is -0.634. The van der Waals surface area contributed by atoms with Gasteiger partial charge in [-0.25, -0.2) is 19.3 Å². The Kier molecular flexibility index (Phi) is 5.90. The second kappa shape index (κ2) is 7.93. The molecule has 0 saturated carbocycles. The lowest BCUT2D eigenvalue weighted by atomic mass is 10.2. The van der Waals surface area contributed by atoms with Gasteiger partial charge in [-0.05, 0) is 27.7 Å². The summed E-state index contributed by atoms with van der Waals surface area (Å²) >= 11 is 0. The summed E-state index contributed by atoms with van der Waals surface area (Å²) < 4.78 is 13.2. The summed E-state index contributed by atoms with van der Waals surface area (Å²) in [4.78, 5) is 28.1. The Morgan fingerprint density at radius 1 is 1.31 bits per heavy atom. The lowest BCUT2D eigenvalue weighted by molar-refractivity contribution is 0.0497. The Morgan fingerprint density at radius 3 is 2.62 bits per heavy atom. The molecule has 11 heteroatoms. The fourth-order valence-corrected chi connectivity index (χ4v) is 2.06. The van der Waals surface area contributed by atoms with Crippen molar-refractivity contribution in [3.8, 4) is 0 Å². The topological polar surface area (TPSA) is 126 Å². The van der Waals surface area contributed by atoms with Gasteiger partial charge in [-0.1, -0.05) is 5.21 Å². The molecule has 0 atom stereocenters. The Hall–Kier alpha value is -2.98. The lowest BCUT2D eigenvalue weighted by Gasteiger charge is -2.19. The first kappa shape index (κ1) is 19.3. The molecule has 0 spiro atoms. The molecule has 1 amide bonds. The quantitative estimate of drug-likeness (QED) is 0.740. The Balaban J connectivity index is 2.21. The molecule has 2 heterocycles. The van der Waals surface area contributed by atoms with Crippen molar-refractivity contribution in [1.29, 1.82) is 0 Å². The second-order valence-electron chi connectivity index (χ2n) is 6.42. The molecule has 0 aliphatic rings. The summed E-state index contributed by atoms with van der Waals surface area (Å²) in [7, 11) is 1.74. The highest BCUT2D eigenvalue weighted by Gasteiger charge is 2.23.